The zero-order chi connectivity index (χ0) is 19.8. The molecule has 1 aliphatic rings. The fraction of sp³-hybridized carbons (Fsp3) is 0.364. The smallest absolute Gasteiger partial charge is 0.261 e. The predicted molar refractivity (Wildman–Crippen MR) is 102 cm³/mol. The molecule has 2 aromatic carbocycles. The maximum Gasteiger partial charge on any atom is 0.261 e. The number of ketones is 1. The minimum absolute atomic E-state index is 0.000935. The summed E-state index contributed by atoms with van der Waals surface area (Å²) in [6.45, 7) is 3.43. The van der Waals surface area contributed by atoms with E-state index in [9.17, 15) is 24.9 Å². The van der Waals surface area contributed by atoms with Gasteiger partial charge in [-0.15, -0.1) is 0 Å². The molecule has 0 heterocycles. The van der Waals surface area contributed by atoms with Gasteiger partial charge in [0.05, 0.1) is 5.60 Å². The van der Waals surface area contributed by atoms with Gasteiger partial charge in [0.2, 0.25) is 0 Å². The molecule has 1 aliphatic carbocycles. The fourth-order valence-electron chi connectivity index (χ4n) is 3.94. The molecule has 2 unspecified atom stereocenters. The highest BCUT2D eigenvalue weighted by Crippen LogP contribution is 2.38. The van der Waals surface area contributed by atoms with Crippen LogP contribution in [0.5, 0.6) is 11.5 Å². The molecule has 0 aromatic heterocycles. The predicted octanol–water partition coefficient (Wildman–Crippen LogP) is 2.90. The number of hydrogen-bond donors (Lipinski definition) is 3. The number of Topliss-reactive ketones (excluding diaryl/α,β-unsaturated/α-hetero) is 1. The second kappa shape index (κ2) is 7.16. The summed E-state index contributed by atoms with van der Waals surface area (Å²) in [4.78, 5) is 24.5. The summed E-state index contributed by atoms with van der Waals surface area (Å²) in [5, 5.41) is 31.0. The average Bonchev–Trinajstić information content (AvgIpc) is 2.73. The van der Waals surface area contributed by atoms with E-state index >= 15 is 0 Å². The first-order chi connectivity index (χ1) is 12.7. The van der Waals surface area contributed by atoms with Gasteiger partial charge >= 0.3 is 0 Å². The van der Waals surface area contributed by atoms with Crippen molar-refractivity contribution < 1.29 is 20.1 Å². The van der Waals surface area contributed by atoms with Gasteiger partial charge in [0.15, 0.2) is 17.3 Å². The minimum atomic E-state index is -1.22. The highest BCUT2D eigenvalue weighted by atomic mass is 16.3. The highest BCUT2D eigenvalue weighted by molar-refractivity contribution is 5.96. The topological polar surface area (TPSA) is 94.8 Å². The third-order valence-electron chi connectivity index (χ3n) is 5.61. The van der Waals surface area contributed by atoms with Gasteiger partial charge in [0.25, 0.3) is 5.43 Å². The summed E-state index contributed by atoms with van der Waals surface area (Å²) in [6.07, 6.45) is 1.38. The summed E-state index contributed by atoms with van der Waals surface area (Å²) in [5.74, 6) is -1.23. The Morgan fingerprint density at radius 2 is 1.85 bits per heavy atom. The molecule has 0 bridgehead atoms. The number of rotatable bonds is 4. The van der Waals surface area contributed by atoms with E-state index in [0.717, 1.165) is 5.56 Å². The zero-order valence-corrected chi connectivity index (χ0v) is 15.5. The second-order valence-corrected chi connectivity index (χ2v) is 7.61. The van der Waals surface area contributed by atoms with Crippen molar-refractivity contribution in [3.05, 3.63) is 68.9 Å². The van der Waals surface area contributed by atoms with E-state index in [1.165, 1.54) is 6.07 Å². The third kappa shape index (κ3) is 3.74. The molecular formula is C22H24O5. The Kier molecular flexibility index (Phi) is 5.07. The Bertz CT molecular complexity index is 932. The first-order valence-electron chi connectivity index (χ1n) is 9.09. The lowest BCUT2D eigenvalue weighted by molar-refractivity contribution is -0.00975. The van der Waals surface area contributed by atoms with Crippen molar-refractivity contribution in [1.29, 1.82) is 0 Å². The van der Waals surface area contributed by atoms with Crippen molar-refractivity contribution in [2.24, 2.45) is 5.92 Å². The lowest BCUT2D eigenvalue weighted by atomic mass is 9.72. The van der Waals surface area contributed by atoms with Crippen LogP contribution in [-0.4, -0.2) is 26.7 Å². The van der Waals surface area contributed by atoms with Crippen LogP contribution in [0.1, 0.15) is 46.8 Å². The average molecular weight is 368 g/mol. The van der Waals surface area contributed by atoms with Crippen LogP contribution in [0.4, 0.5) is 0 Å². The standard InChI is InChI=1S/C22H24O5/c1-13-10-18(23)21(26)20(25)16-9-8-15(11-17(13)16)22(2,27)12-19(24)14-6-4-3-5-7-14/h3-7,10,15,27H,8-9,11-12H2,1-2H3,(H2,23,25,26). The van der Waals surface area contributed by atoms with Crippen LogP contribution in [0.2, 0.25) is 0 Å². The van der Waals surface area contributed by atoms with Crippen molar-refractivity contribution in [1.82, 2.24) is 0 Å². The maximum absolute atomic E-state index is 12.5. The summed E-state index contributed by atoms with van der Waals surface area (Å²) in [7, 11) is 0. The molecule has 5 heteroatoms. The molecule has 0 saturated carbocycles. The van der Waals surface area contributed by atoms with Gasteiger partial charge in [-0.2, -0.15) is 0 Å². The second-order valence-electron chi connectivity index (χ2n) is 7.61. The number of carbonyl (C=O) groups excluding carboxylic acids is 1. The molecule has 2 atom stereocenters. The van der Waals surface area contributed by atoms with E-state index in [4.69, 9.17) is 0 Å². The monoisotopic (exact) mass is 368 g/mol. The Morgan fingerprint density at radius 1 is 1.19 bits per heavy atom. The van der Waals surface area contributed by atoms with Crippen LogP contribution in [-0.2, 0) is 12.8 Å². The van der Waals surface area contributed by atoms with Gasteiger partial charge < -0.3 is 15.3 Å². The summed E-state index contributed by atoms with van der Waals surface area (Å²) in [5.41, 5.74) is 0.547. The first kappa shape index (κ1) is 19.1. The fourth-order valence-corrected chi connectivity index (χ4v) is 3.94. The quantitative estimate of drug-likeness (QED) is 0.722. The number of benzene rings is 1. The number of hydrogen-bond acceptors (Lipinski definition) is 5. The molecule has 27 heavy (non-hydrogen) atoms. The Morgan fingerprint density at radius 3 is 2.52 bits per heavy atom. The lowest BCUT2D eigenvalue weighted by Gasteiger charge is -2.36. The van der Waals surface area contributed by atoms with Crippen LogP contribution >= 0.6 is 0 Å². The van der Waals surface area contributed by atoms with Gasteiger partial charge in [0.1, 0.15) is 0 Å². The van der Waals surface area contributed by atoms with Crippen molar-refractivity contribution in [2.75, 3.05) is 0 Å². The van der Waals surface area contributed by atoms with Crippen LogP contribution in [0.15, 0.2) is 41.2 Å². The SMILES string of the molecule is Cc1cc(O)c(=O)c(O)c2c1CC(C(C)(O)CC(=O)c1ccccc1)CC2. The number of aliphatic hydroxyl groups is 1. The van der Waals surface area contributed by atoms with Gasteiger partial charge in [-0.05, 0) is 56.2 Å². The molecule has 2 aromatic rings. The van der Waals surface area contributed by atoms with Gasteiger partial charge in [-0.3, -0.25) is 9.59 Å². The molecule has 3 N–H and O–H groups in total. The van der Waals surface area contributed by atoms with E-state index in [0.29, 0.717) is 36.0 Å². The molecule has 0 aliphatic heterocycles. The molecule has 5 nitrogen and oxygen atoms in total. The molecular weight excluding hydrogens is 344 g/mol. The van der Waals surface area contributed by atoms with Gasteiger partial charge in [0, 0.05) is 17.5 Å². The number of fused-ring (bicyclic) bond motifs is 1. The van der Waals surface area contributed by atoms with Crippen LogP contribution in [0, 0.1) is 12.8 Å². The van der Waals surface area contributed by atoms with Gasteiger partial charge in [-0.25, -0.2) is 0 Å². The molecule has 0 radical (unpaired) electrons. The molecule has 0 spiro atoms. The summed E-state index contributed by atoms with van der Waals surface area (Å²) < 4.78 is 0. The normalized spacial score (nSPS) is 18.4. The van der Waals surface area contributed by atoms with Crippen molar-refractivity contribution >= 4 is 5.78 Å². The van der Waals surface area contributed by atoms with Gasteiger partial charge in [-0.1, -0.05) is 30.3 Å². The number of aryl methyl sites for hydroxylation is 1. The Balaban J connectivity index is 1.89. The first-order valence-corrected chi connectivity index (χ1v) is 9.09. The summed E-state index contributed by atoms with van der Waals surface area (Å²) >= 11 is 0. The molecule has 0 fully saturated rings. The number of carbonyl (C=O) groups is 1. The van der Waals surface area contributed by atoms with E-state index in [1.807, 2.05) is 6.07 Å². The molecule has 142 valence electrons. The Hall–Kier alpha value is -2.66. The minimum Gasteiger partial charge on any atom is -0.504 e. The van der Waals surface area contributed by atoms with E-state index in [2.05, 4.69) is 0 Å². The third-order valence-corrected chi connectivity index (χ3v) is 5.61. The maximum atomic E-state index is 12.5. The van der Waals surface area contributed by atoms with Crippen molar-refractivity contribution in [2.45, 2.75) is 45.1 Å². The van der Waals surface area contributed by atoms with Crippen LogP contribution in [0.3, 0.4) is 0 Å². The van der Waals surface area contributed by atoms with E-state index < -0.39 is 22.5 Å². The molecule has 0 amide bonds. The molecule has 3 rings (SSSR count). The van der Waals surface area contributed by atoms with E-state index in [1.54, 1.807) is 38.1 Å². The van der Waals surface area contributed by atoms with Crippen molar-refractivity contribution in [3.8, 4) is 11.5 Å². The Labute approximate surface area is 157 Å². The summed E-state index contributed by atoms with van der Waals surface area (Å²) in [6, 6.07) is 10.2. The van der Waals surface area contributed by atoms with Crippen LogP contribution < -0.4 is 5.43 Å². The molecule has 0 saturated heterocycles. The largest absolute Gasteiger partial charge is 0.504 e. The number of aromatic hydroxyl groups is 2. The van der Waals surface area contributed by atoms with Crippen molar-refractivity contribution in [3.63, 3.8) is 0 Å². The zero-order valence-electron chi connectivity index (χ0n) is 15.5. The highest BCUT2D eigenvalue weighted by Gasteiger charge is 2.37. The van der Waals surface area contributed by atoms with Crippen LogP contribution in [0.25, 0.3) is 0 Å². The lowest BCUT2D eigenvalue weighted by Crippen LogP contribution is -2.40. The van der Waals surface area contributed by atoms with E-state index in [-0.39, 0.29) is 18.1 Å².